The number of carbonyl (C=O) groups excluding carboxylic acids is 1. The normalized spacial score (nSPS) is 16.8. The molecular formula is C20H16N2O3S2. The molecule has 3 heterocycles. The van der Waals surface area contributed by atoms with Crippen LogP contribution in [-0.4, -0.2) is 17.6 Å². The number of allylic oxidation sites excluding steroid dienone is 1. The second kappa shape index (κ2) is 7.09. The van der Waals surface area contributed by atoms with Crippen molar-refractivity contribution in [1.82, 2.24) is 4.57 Å². The van der Waals surface area contributed by atoms with Crippen molar-refractivity contribution in [2.75, 3.05) is 7.11 Å². The number of benzene rings is 1. The minimum Gasteiger partial charge on any atom is -0.466 e. The molecule has 1 aliphatic rings. The van der Waals surface area contributed by atoms with Crippen LogP contribution in [0.2, 0.25) is 0 Å². The van der Waals surface area contributed by atoms with Gasteiger partial charge in [-0.25, -0.2) is 9.79 Å². The van der Waals surface area contributed by atoms with Gasteiger partial charge >= 0.3 is 5.97 Å². The Morgan fingerprint density at radius 2 is 2.00 bits per heavy atom. The molecule has 3 aromatic rings. The third-order valence-electron chi connectivity index (χ3n) is 4.34. The van der Waals surface area contributed by atoms with Crippen LogP contribution in [-0.2, 0) is 9.53 Å². The predicted molar refractivity (Wildman–Crippen MR) is 107 cm³/mol. The molecule has 0 spiro atoms. The molecule has 4 rings (SSSR count). The highest BCUT2D eigenvalue weighted by Gasteiger charge is 2.33. The SMILES string of the molecule is COC(=O)C1=C(C)N=c2sc(=Cc3ccccc3)c(=O)n2[C@H]1c1cccs1. The van der Waals surface area contributed by atoms with Gasteiger partial charge in [0.1, 0.15) is 6.04 Å². The summed E-state index contributed by atoms with van der Waals surface area (Å²) in [5.41, 5.74) is 1.76. The number of thiophene rings is 1. The number of fused-ring (bicyclic) bond motifs is 1. The highest BCUT2D eigenvalue weighted by atomic mass is 32.1. The first kappa shape index (κ1) is 17.6. The first-order valence-corrected chi connectivity index (χ1v) is 9.99. The second-order valence-corrected chi connectivity index (χ2v) is 7.99. The zero-order chi connectivity index (χ0) is 19.0. The van der Waals surface area contributed by atoms with Gasteiger partial charge in [0.25, 0.3) is 5.56 Å². The number of rotatable bonds is 3. The summed E-state index contributed by atoms with van der Waals surface area (Å²) in [6, 6.07) is 13.0. The minimum atomic E-state index is -0.522. The number of ether oxygens (including phenoxy) is 1. The predicted octanol–water partition coefficient (Wildman–Crippen LogP) is 2.47. The number of esters is 1. The molecule has 0 amide bonds. The van der Waals surface area contributed by atoms with Gasteiger partial charge in [-0.1, -0.05) is 47.7 Å². The lowest BCUT2D eigenvalue weighted by atomic mass is 10.0. The Balaban J connectivity index is 1.98. The maximum absolute atomic E-state index is 13.2. The summed E-state index contributed by atoms with van der Waals surface area (Å²) in [4.78, 5) is 31.7. The van der Waals surface area contributed by atoms with Gasteiger partial charge in [0, 0.05) is 4.88 Å². The lowest BCUT2D eigenvalue weighted by Gasteiger charge is -2.22. The zero-order valence-electron chi connectivity index (χ0n) is 14.7. The molecule has 0 N–H and O–H groups in total. The molecule has 1 atom stereocenters. The lowest BCUT2D eigenvalue weighted by molar-refractivity contribution is -0.136. The largest absolute Gasteiger partial charge is 0.466 e. The fourth-order valence-corrected chi connectivity index (χ4v) is 4.98. The molecule has 136 valence electrons. The Hall–Kier alpha value is -2.77. The summed E-state index contributed by atoms with van der Waals surface area (Å²) in [5.74, 6) is -0.466. The van der Waals surface area contributed by atoms with Crippen molar-refractivity contribution in [2.45, 2.75) is 13.0 Å². The van der Waals surface area contributed by atoms with Gasteiger partial charge in [-0.2, -0.15) is 0 Å². The quantitative estimate of drug-likeness (QED) is 0.639. The summed E-state index contributed by atoms with van der Waals surface area (Å²) in [6.07, 6.45) is 1.85. The number of carbonyl (C=O) groups is 1. The molecule has 0 fully saturated rings. The van der Waals surface area contributed by atoms with Gasteiger partial charge in [-0.3, -0.25) is 9.36 Å². The zero-order valence-corrected chi connectivity index (χ0v) is 16.3. The topological polar surface area (TPSA) is 60.7 Å². The van der Waals surface area contributed by atoms with Gasteiger partial charge < -0.3 is 4.74 Å². The van der Waals surface area contributed by atoms with E-state index in [4.69, 9.17) is 4.74 Å². The minimum absolute atomic E-state index is 0.157. The van der Waals surface area contributed by atoms with E-state index in [1.165, 1.54) is 29.8 Å². The number of methoxy groups -OCH3 is 1. The molecule has 27 heavy (non-hydrogen) atoms. The van der Waals surface area contributed by atoms with Crippen molar-refractivity contribution < 1.29 is 9.53 Å². The van der Waals surface area contributed by atoms with Gasteiger partial charge in [0.15, 0.2) is 4.80 Å². The van der Waals surface area contributed by atoms with Crippen LogP contribution in [0.1, 0.15) is 23.4 Å². The van der Waals surface area contributed by atoms with Gasteiger partial charge in [-0.15, -0.1) is 11.3 Å². The van der Waals surface area contributed by atoms with Crippen LogP contribution >= 0.6 is 22.7 Å². The standard InChI is InChI=1S/C20H16N2O3S2/c1-12-16(19(24)25-2)17(14-9-6-10-26-14)22-18(23)15(27-20(22)21-12)11-13-7-4-3-5-8-13/h3-11,17H,1-2H3/t17-/m0/s1. The van der Waals surface area contributed by atoms with Crippen molar-refractivity contribution in [3.63, 3.8) is 0 Å². The number of hydrogen-bond acceptors (Lipinski definition) is 6. The van der Waals surface area contributed by atoms with Crippen molar-refractivity contribution in [3.05, 3.63) is 89.2 Å². The maximum atomic E-state index is 13.2. The number of nitrogens with zero attached hydrogens (tertiary/aromatic N) is 2. The monoisotopic (exact) mass is 396 g/mol. The first-order chi connectivity index (χ1) is 13.1. The third kappa shape index (κ3) is 3.09. The summed E-state index contributed by atoms with van der Waals surface area (Å²) < 4.78 is 7.16. The van der Waals surface area contributed by atoms with Crippen molar-refractivity contribution in [2.24, 2.45) is 4.99 Å². The Morgan fingerprint density at radius 3 is 2.67 bits per heavy atom. The Bertz CT molecular complexity index is 1200. The summed E-state index contributed by atoms with van der Waals surface area (Å²) >= 11 is 2.83. The van der Waals surface area contributed by atoms with Crippen molar-refractivity contribution in [1.29, 1.82) is 0 Å². The summed E-state index contributed by atoms with van der Waals surface area (Å²) in [5, 5.41) is 1.93. The van der Waals surface area contributed by atoms with E-state index in [0.29, 0.717) is 20.6 Å². The van der Waals surface area contributed by atoms with Crippen LogP contribution in [0.25, 0.3) is 6.08 Å². The highest BCUT2D eigenvalue weighted by Crippen LogP contribution is 2.32. The van der Waals surface area contributed by atoms with E-state index in [2.05, 4.69) is 4.99 Å². The van der Waals surface area contributed by atoms with Crippen LogP contribution in [0.5, 0.6) is 0 Å². The van der Waals surface area contributed by atoms with E-state index in [-0.39, 0.29) is 5.56 Å². The molecule has 1 aliphatic heterocycles. The molecule has 1 aromatic carbocycles. The van der Waals surface area contributed by atoms with Crippen LogP contribution in [0.4, 0.5) is 0 Å². The Morgan fingerprint density at radius 1 is 1.22 bits per heavy atom. The Kier molecular flexibility index (Phi) is 4.63. The summed E-state index contributed by atoms with van der Waals surface area (Å²) in [6.45, 7) is 1.78. The molecule has 5 nitrogen and oxygen atoms in total. The average molecular weight is 396 g/mol. The fourth-order valence-electron chi connectivity index (χ4n) is 3.11. The molecule has 7 heteroatoms. The maximum Gasteiger partial charge on any atom is 0.338 e. The lowest BCUT2D eigenvalue weighted by Crippen LogP contribution is -2.39. The third-order valence-corrected chi connectivity index (χ3v) is 6.24. The fraction of sp³-hybridized carbons (Fsp3) is 0.150. The van der Waals surface area contributed by atoms with E-state index < -0.39 is 12.0 Å². The van der Waals surface area contributed by atoms with Crippen molar-refractivity contribution >= 4 is 34.7 Å². The first-order valence-electron chi connectivity index (χ1n) is 8.29. The molecule has 0 unspecified atom stereocenters. The van der Waals surface area contributed by atoms with E-state index in [9.17, 15) is 9.59 Å². The molecule has 0 bridgehead atoms. The molecule has 0 aliphatic carbocycles. The van der Waals surface area contributed by atoms with Gasteiger partial charge in [0.2, 0.25) is 0 Å². The number of aromatic nitrogens is 1. The second-order valence-electron chi connectivity index (χ2n) is 6.00. The Labute approximate surface area is 163 Å². The van der Waals surface area contributed by atoms with Crippen LogP contribution in [0.3, 0.4) is 0 Å². The van der Waals surface area contributed by atoms with E-state index in [0.717, 1.165) is 10.4 Å². The van der Waals surface area contributed by atoms with Crippen LogP contribution < -0.4 is 14.9 Å². The van der Waals surface area contributed by atoms with E-state index in [1.807, 2.05) is 53.9 Å². The van der Waals surface area contributed by atoms with Crippen LogP contribution in [0, 0.1) is 0 Å². The van der Waals surface area contributed by atoms with E-state index in [1.54, 1.807) is 11.5 Å². The van der Waals surface area contributed by atoms with E-state index >= 15 is 0 Å². The van der Waals surface area contributed by atoms with Crippen LogP contribution in [0.15, 0.2) is 68.9 Å². The molecule has 0 saturated carbocycles. The number of hydrogen-bond donors (Lipinski definition) is 0. The smallest absolute Gasteiger partial charge is 0.338 e. The molecule has 2 aromatic heterocycles. The molecule has 0 radical (unpaired) electrons. The van der Waals surface area contributed by atoms with Gasteiger partial charge in [-0.05, 0) is 30.0 Å². The molecule has 0 saturated heterocycles. The number of thiazole rings is 1. The summed E-state index contributed by atoms with van der Waals surface area (Å²) in [7, 11) is 1.34. The highest BCUT2D eigenvalue weighted by molar-refractivity contribution is 7.10. The average Bonchev–Trinajstić information content (AvgIpc) is 3.30. The van der Waals surface area contributed by atoms with Gasteiger partial charge in [0.05, 0.1) is 22.9 Å². The molecular weight excluding hydrogens is 380 g/mol. The van der Waals surface area contributed by atoms with Crippen molar-refractivity contribution in [3.8, 4) is 0 Å².